The summed E-state index contributed by atoms with van der Waals surface area (Å²) in [6, 6.07) is 0. The van der Waals surface area contributed by atoms with Gasteiger partial charge in [-0.3, -0.25) is 37.3 Å². The Morgan fingerprint density at radius 2 is 0.472 bits per heavy atom. The summed E-state index contributed by atoms with van der Waals surface area (Å²) in [6.45, 7) is 14.0. The molecule has 0 aromatic heterocycles. The quantitative estimate of drug-likeness (QED) is 0.0222. The van der Waals surface area contributed by atoms with E-state index in [1.807, 2.05) is 0 Å². The van der Waals surface area contributed by atoms with Crippen molar-refractivity contribution < 1.29 is 80.2 Å². The summed E-state index contributed by atoms with van der Waals surface area (Å²) in [7, 11) is -9.90. The van der Waals surface area contributed by atoms with Gasteiger partial charge in [0.15, 0.2) is 12.2 Å². The Morgan fingerprint density at radius 3 is 0.697 bits per heavy atom. The summed E-state index contributed by atoms with van der Waals surface area (Å²) in [6.07, 6.45) is 41.8. The SMILES string of the molecule is CC(C)CCCCCCCCCCCCCCCC(=O)OC[C@H](COP(=O)(O)OCC(O)COP(=O)(O)OC[C@@H](COC(=O)CCCCCCCCCC(C)C)OC(=O)CCCCCCCCCCC(C)C)OC(=O)CCCCCCCCCCCC(C)C. The van der Waals surface area contributed by atoms with Crippen molar-refractivity contribution >= 4 is 39.5 Å². The van der Waals surface area contributed by atoms with Crippen molar-refractivity contribution in [2.75, 3.05) is 39.6 Å². The molecule has 528 valence electrons. The zero-order valence-electron chi connectivity index (χ0n) is 58.1. The Hall–Kier alpha value is -1.94. The second-order valence-corrected chi connectivity index (χ2v) is 30.1. The third-order valence-electron chi connectivity index (χ3n) is 16.1. The van der Waals surface area contributed by atoms with E-state index in [2.05, 4.69) is 55.4 Å². The van der Waals surface area contributed by atoms with Gasteiger partial charge in [0.25, 0.3) is 0 Å². The van der Waals surface area contributed by atoms with Crippen molar-refractivity contribution in [2.24, 2.45) is 23.7 Å². The fourth-order valence-corrected chi connectivity index (χ4v) is 12.1. The number of phosphoric acid groups is 2. The molecule has 3 N–H and O–H groups in total. The van der Waals surface area contributed by atoms with Gasteiger partial charge in [-0.2, -0.15) is 0 Å². The summed E-state index contributed by atoms with van der Waals surface area (Å²) < 4.78 is 68.2. The first-order chi connectivity index (χ1) is 42.6. The highest BCUT2D eigenvalue weighted by molar-refractivity contribution is 7.47. The van der Waals surface area contributed by atoms with Crippen molar-refractivity contribution in [3.05, 3.63) is 0 Å². The first-order valence-corrected chi connectivity index (χ1v) is 39.2. The van der Waals surface area contributed by atoms with Gasteiger partial charge >= 0.3 is 39.5 Å². The molecule has 0 aromatic carbocycles. The van der Waals surface area contributed by atoms with Crippen molar-refractivity contribution in [3.8, 4) is 0 Å². The number of aliphatic hydroxyl groups is 1. The van der Waals surface area contributed by atoms with Gasteiger partial charge in [0, 0.05) is 25.7 Å². The highest BCUT2D eigenvalue weighted by atomic mass is 31.2. The summed E-state index contributed by atoms with van der Waals surface area (Å²) >= 11 is 0. The lowest BCUT2D eigenvalue weighted by atomic mass is 10.0. The van der Waals surface area contributed by atoms with Crippen LogP contribution in [-0.2, 0) is 65.4 Å². The van der Waals surface area contributed by atoms with E-state index in [0.29, 0.717) is 31.6 Å². The predicted molar refractivity (Wildman–Crippen MR) is 358 cm³/mol. The number of hydrogen-bond donors (Lipinski definition) is 3. The van der Waals surface area contributed by atoms with E-state index in [9.17, 15) is 43.2 Å². The maximum Gasteiger partial charge on any atom is 0.472 e. The van der Waals surface area contributed by atoms with Gasteiger partial charge in [-0.25, -0.2) is 9.13 Å². The van der Waals surface area contributed by atoms with Crippen LogP contribution >= 0.6 is 15.6 Å². The Bertz CT molecular complexity index is 1760. The van der Waals surface area contributed by atoms with Crippen LogP contribution in [0.5, 0.6) is 0 Å². The molecule has 89 heavy (non-hydrogen) atoms. The van der Waals surface area contributed by atoms with E-state index >= 15 is 0 Å². The molecule has 0 heterocycles. The number of carbonyl (C=O) groups is 4. The zero-order valence-corrected chi connectivity index (χ0v) is 59.8. The molecule has 0 radical (unpaired) electrons. The van der Waals surface area contributed by atoms with Crippen LogP contribution in [0.1, 0.15) is 344 Å². The molecular weight excluding hydrogens is 1170 g/mol. The Kier molecular flexibility index (Phi) is 58.5. The number of esters is 4. The first kappa shape index (κ1) is 87.1. The molecular formula is C70H136O17P2. The Balaban J connectivity index is 5.24. The van der Waals surface area contributed by atoms with Crippen LogP contribution < -0.4 is 0 Å². The molecule has 19 heteroatoms. The number of rotatable bonds is 67. The molecule has 0 saturated heterocycles. The number of phosphoric ester groups is 2. The van der Waals surface area contributed by atoms with Crippen molar-refractivity contribution in [1.82, 2.24) is 0 Å². The van der Waals surface area contributed by atoms with Crippen LogP contribution in [0, 0.1) is 23.7 Å². The van der Waals surface area contributed by atoms with E-state index in [4.69, 9.17) is 37.0 Å². The number of carbonyl (C=O) groups excluding carboxylic acids is 4. The zero-order chi connectivity index (χ0) is 66.1. The molecule has 0 fully saturated rings. The maximum absolute atomic E-state index is 13.0. The van der Waals surface area contributed by atoms with E-state index in [1.54, 1.807) is 0 Å². The summed E-state index contributed by atoms with van der Waals surface area (Å²) in [5.74, 6) is 0.819. The van der Waals surface area contributed by atoms with Crippen molar-refractivity contribution in [3.63, 3.8) is 0 Å². The molecule has 0 aliphatic heterocycles. The fourth-order valence-electron chi connectivity index (χ4n) is 10.5. The van der Waals surface area contributed by atoms with Crippen LogP contribution in [0.3, 0.4) is 0 Å². The minimum absolute atomic E-state index is 0.103. The molecule has 17 nitrogen and oxygen atoms in total. The Morgan fingerprint density at radius 1 is 0.281 bits per heavy atom. The van der Waals surface area contributed by atoms with Gasteiger partial charge in [-0.1, -0.05) is 293 Å². The smallest absolute Gasteiger partial charge is 0.462 e. The maximum atomic E-state index is 13.0. The average molecular weight is 1310 g/mol. The lowest BCUT2D eigenvalue weighted by Crippen LogP contribution is -2.30. The molecule has 0 saturated carbocycles. The van der Waals surface area contributed by atoms with Crippen LogP contribution in [0.25, 0.3) is 0 Å². The fraction of sp³-hybridized carbons (Fsp3) is 0.943. The van der Waals surface area contributed by atoms with Gasteiger partial charge in [-0.15, -0.1) is 0 Å². The summed E-state index contributed by atoms with van der Waals surface area (Å²) in [5.41, 5.74) is 0. The lowest BCUT2D eigenvalue weighted by molar-refractivity contribution is -0.161. The van der Waals surface area contributed by atoms with Gasteiger partial charge in [-0.05, 0) is 49.4 Å². The molecule has 0 bridgehead atoms. The third kappa shape index (κ3) is 64.6. The Labute approximate surface area is 543 Å². The monoisotopic (exact) mass is 1310 g/mol. The lowest BCUT2D eigenvalue weighted by Gasteiger charge is -2.21. The average Bonchev–Trinajstić information content (AvgIpc) is 3.69. The van der Waals surface area contributed by atoms with Crippen LogP contribution in [-0.4, -0.2) is 96.7 Å². The van der Waals surface area contributed by atoms with Crippen LogP contribution in [0.15, 0.2) is 0 Å². The highest BCUT2D eigenvalue weighted by Gasteiger charge is 2.30. The largest absolute Gasteiger partial charge is 0.472 e. The van der Waals surface area contributed by atoms with Gasteiger partial charge in [0.1, 0.15) is 19.3 Å². The van der Waals surface area contributed by atoms with Gasteiger partial charge < -0.3 is 33.8 Å². The topological polar surface area (TPSA) is 237 Å². The molecule has 0 spiro atoms. The molecule has 0 rings (SSSR count). The third-order valence-corrected chi connectivity index (χ3v) is 18.0. The molecule has 3 unspecified atom stereocenters. The molecule has 0 aliphatic rings. The highest BCUT2D eigenvalue weighted by Crippen LogP contribution is 2.45. The number of hydrogen-bond acceptors (Lipinski definition) is 15. The van der Waals surface area contributed by atoms with E-state index in [-0.39, 0.29) is 25.7 Å². The van der Waals surface area contributed by atoms with Gasteiger partial charge in [0.05, 0.1) is 26.4 Å². The van der Waals surface area contributed by atoms with Crippen LogP contribution in [0.2, 0.25) is 0 Å². The first-order valence-electron chi connectivity index (χ1n) is 36.2. The van der Waals surface area contributed by atoms with E-state index in [0.717, 1.165) is 114 Å². The van der Waals surface area contributed by atoms with Gasteiger partial charge in [0.2, 0.25) is 0 Å². The summed E-state index contributed by atoms with van der Waals surface area (Å²) in [5, 5.41) is 10.6. The number of unbranched alkanes of at least 4 members (excludes halogenated alkanes) is 33. The number of aliphatic hydroxyl groups excluding tert-OH is 1. The second kappa shape index (κ2) is 59.8. The van der Waals surface area contributed by atoms with Crippen LogP contribution in [0.4, 0.5) is 0 Å². The normalized spacial score (nSPS) is 14.3. The predicted octanol–water partition coefficient (Wildman–Crippen LogP) is 19.7. The minimum Gasteiger partial charge on any atom is -0.462 e. The van der Waals surface area contributed by atoms with Crippen molar-refractivity contribution in [1.29, 1.82) is 0 Å². The van der Waals surface area contributed by atoms with Crippen molar-refractivity contribution in [2.45, 2.75) is 363 Å². The molecule has 5 atom stereocenters. The summed E-state index contributed by atoms with van der Waals surface area (Å²) in [4.78, 5) is 72.5. The molecule has 0 aromatic rings. The van der Waals surface area contributed by atoms with E-state index < -0.39 is 97.5 Å². The standard InChI is InChI=1S/C70H136O17P2/c1-60(2)46-38-30-22-15-12-10-9-11-13-17-26-34-42-50-67(72)80-56-65(86-69(74)52-44-36-27-18-14-16-23-31-39-47-61(3)4)58-84-88(76,77)82-54-64(71)55-83-89(78,79)85-59-66(57-81-68(73)51-43-35-29-21-25-33-41-49-63(7)8)87-70(75)53-45-37-28-20-19-24-32-40-48-62(5)6/h60-66,71H,9-59H2,1-8H3,(H,76,77)(H,78,79)/t64?,65-,66-/m1/s1. The minimum atomic E-state index is -4.95. The second-order valence-electron chi connectivity index (χ2n) is 27.2. The molecule has 0 amide bonds. The number of ether oxygens (including phenoxy) is 4. The molecule has 0 aliphatic carbocycles. The van der Waals surface area contributed by atoms with E-state index in [1.165, 1.54) is 141 Å².